The van der Waals surface area contributed by atoms with Crippen molar-refractivity contribution in [1.82, 2.24) is 10.3 Å². The monoisotopic (exact) mass is 342 g/mol. The molecule has 1 aromatic carbocycles. The van der Waals surface area contributed by atoms with E-state index in [1.165, 1.54) is 14.0 Å². The molecule has 0 aliphatic rings. The third kappa shape index (κ3) is 4.82. The van der Waals surface area contributed by atoms with Gasteiger partial charge in [-0.25, -0.2) is 4.98 Å². The number of para-hydroxylation sites is 1. The van der Waals surface area contributed by atoms with Crippen molar-refractivity contribution in [2.45, 2.75) is 25.7 Å². The quantitative estimate of drug-likeness (QED) is 0.877. The minimum atomic E-state index is -4.47. The zero-order valence-electron chi connectivity index (χ0n) is 13.2. The summed E-state index contributed by atoms with van der Waals surface area (Å²) in [6.07, 6.45) is -5.68. The average molecular weight is 342 g/mol. The number of nitrogens with one attached hydrogen (secondary N) is 1. The zero-order chi connectivity index (χ0) is 17.7. The first-order valence-electron chi connectivity index (χ1n) is 7.19. The maximum absolute atomic E-state index is 12.1. The number of methoxy groups -OCH3 is 1. The number of aromatic nitrogens is 1. The summed E-state index contributed by atoms with van der Waals surface area (Å²) in [4.78, 5) is 16.2. The fraction of sp³-hybridized carbons (Fsp3) is 0.375. The lowest BCUT2D eigenvalue weighted by Crippen LogP contribution is -2.36. The van der Waals surface area contributed by atoms with Crippen LogP contribution in [0.3, 0.4) is 0 Å². The van der Waals surface area contributed by atoms with E-state index < -0.39 is 24.8 Å². The Kier molecular flexibility index (Phi) is 5.61. The molecule has 2 aromatic rings. The molecule has 1 heterocycles. The molecule has 0 saturated heterocycles. The van der Waals surface area contributed by atoms with E-state index in [0.29, 0.717) is 11.4 Å². The first-order valence-corrected chi connectivity index (χ1v) is 7.19. The number of alkyl halides is 3. The fourth-order valence-corrected chi connectivity index (χ4v) is 2.09. The van der Waals surface area contributed by atoms with Crippen molar-refractivity contribution < 1.29 is 27.4 Å². The molecule has 2 rings (SSSR count). The molecule has 0 fully saturated rings. The topological polar surface area (TPSA) is 60.5 Å². The molecule has 5 nitrogen and oxygen atoms in total. The van der Waals surface area contributed by atoms with Gasteiger partial charge in [0.05, 0.1) is 12.6 Å². The molecular formula is C16H17F3N2O3. The molecule has 0 saturated carbocycles. The highest BCUT2D eigenvalue weighted by molar-refractivity contribution is 5.84. The molecule has 0 radical (unpaired) electrons. The second-order valence-electron chi connectivity index (χ2n) is 5.13. The standard InChI is InChI=1S/C16H17F3N2O3/c1-10(24-9-16(17,18)19)15(22)20-8-11-7-14(23-2)21-13-6-4-3-5-12(11)13/h3-7,10H,8-9H2,1-2H3,(H,20,22)/t10-/m0/s1. The summed E-state index contributed by atoms with van der Waals surface area (Å²) in [6.45, 7) is -0.0716. The third-order valence-electron chi connectivity index (χ3n) is 3.31. The van der Waals surface area contributed by atoms with Crippen LogP contribution in [0.2, 0.25) is 0 Å². The Bertz CT molecular complexity index is 719. The number of benzene rings is 1. The molecular weight excluding hydrogens is 325 g/mol. The van der Waals surface area contributed by atoms with Gasteiger partial charge in [-0.3, -0.25) is 4.79 Å². The van der Waals surface area contributed by atoms with E-state index in [0.717, 1.165) is 10.9 Å². The van der Waals surface area contributed by atoms with Crippen LogP contribution in [0.4, 0.5) is 13.2 Å². The number of hydrogen-bond acceptors (Lipinski definition) is 4. The van der Waals surface area contributed by atoms with E-state index in [9.17, 15) is 18.0 Å². The molecule has 130 valence electrons. The summed E-state index contributed by atoms with van der Waals surface area (Å²) < 4.78 is 46.0. The predicted molar refractivity (Wildman–Crippen MR) is 81.6 cm³/mol. The van der Waals surface area contributed by atoms with Crippen molar-refractivity contribution in [1.29, 1.82) is 0 Å². The Morgan fingerprint density at radius 2 is 2.04 bits per heavy atom. The number of halogens is 3. The molecule has 1 N–H and O–H groups in total. The van der Waals surface area contributed by atoms with Crippen LogP contribution in [0.15, 0.2) is 30.3 Å². The molecule has 8 heteroatoms. The van der Waals surface area contributed by atoms with Gasteiger partial charge in [0.2, 0.25) is 11.8 Å². The van der Waals surface area contributed by atoms with Gasteiger partial charge in [-0.2, -0.15) is 13.2 Å². The van der Waals surface area contributed by atoms with Gasteiger partial charge in [0.25, 0.3) is 0 Å². The van der Waals surface area contributed by atoms with Crippen LogP contribution >= 0.6 is 0 Å². The Balaban J connectivity index is 2.06. The molecule has 1 amide bonds. The van der Waals surface area contributed by atoms with E-state index >= 15 is 0 Å². The number of hydrogen-bond donors (Lipinski definition) is 1. The largest absolute Gasteiger partial charge is 0.481 e. The lowest BCUT2D eigenvalue weighted by Gasteiger charge is -2.15. The summed E-state index contributed by atoms with van der Waals surface area (Å²) in [6, 6.07) is 8.97. The summed E-state index contributed by atoms with van der Waals surface area (Å²) in [7, 11) is 1.48. The van der Waals surface area contributed by atoms with Gasteiger partial charge in [-0.15, -0.1) is 0 Å². The number of rotatable bonds is 6. The summed E-state index contributed by atoms with van der Waals surface area (Å²) in [5.41, 5.74) is 1.44. The SMILES string of the molecule is COc1cc(CNC(=O)[C@H](C)OCC(F)(F)F)c2ccccc2n1. The Hall–Kier alpha value is -2.35. The first kappa shape index (κ1) is 18.0. The van der Waals surface area contributed by atoms with Gasteiger partial charge in [0.1, 0.15) is 12.7 Å². The first-order chi connectivity index (χ1) is 11.3. The summed E-state index contributed by atoms with van der Waals surface area (Å²) in [5, 5.41) is 3.39. The average Bonchev–Trinajstić information content (AvgIpc) is 2.56. The fourth-order valence-electron chi connectivity index (χ4n) is 2.09. The number of ether oxygens (including phenoxy) is 2. The molecule has 0 unspecified atom stereocenters. The van der Waals surface area contributed by atoms with Crippen LogP contribution in [0.1, 0.15) is 12.5 Å². The molecule has 0 spiro atoms. The van der Waals surface area contributed by atoms with Crippen LogP contribution in [0.25, 0.3) is 10.9 Å². The number of nitrogens with zero attached hydrogens (tertiary/aromatic N) is 1. The lowest BCUT2D eigenvalue weighted by atomic mass is 10.1. The maximum Gasteiger partial charge on any atom is 0.411 e. The minimum Gasteiger partial charge on any atom is -0.481 e. The van der Waals surface area contributed by atoms with Crippen molar-refractivity contribution >= 4 is 16.8 Å². The maximum atomic E-state index is 12.1. The second kappa shape index (κ2) is 7.48. The normalized spacial score (nSPS) is 12.9. The van der Waals surface area contributed by atoms with E-state index in [4.69, 9.17) is 4.74 Å². The number of pyridine rings is 1. The summed E-state index contributed by atoms with van der Waals surface area (Å²) >= 11 is 0. The number of fused-ring (bicyclic) bond motifs is 1. The minimum absolute atomic E-state index is 0.123. The highest BCUT2D eigenvalue weighted by Gasteiger charge is 2.29. The van der Waals surface area contributed by atoms with Crippen molar-refractivity contribution in [2.24, 2.45) is 0 Å². The molecule has 0 aliphatic heterocycles. The molecule has 24 heavy (non-hydrogen) atoms. The predicted octanol–water partition coefficient (Wildman–Crippen LogP) is 2.83. The zero-order valence-corrected chi connectivity index (χ0v) is 13.2. The van der Waals surface area contributed by atoms with Gasteiger partial charge in [0, 0.05) is 18.0 Å². The van der Waals surface area contributed by atoms with E-state index in [1.54, 1.807) is 12.1 Å². The van der Waals surface area contributed by atoms with Crippen molar-refractivity contribution in [3.63, 3.8) is 0 Å². The Morgan fingerprint density at radius 3 is 2.71 bits per heavy atom. The van der Waals surface area contributed by atoms with E-state index in [1.807, 2.05) is 18.2 Å². The highest BCUT2D eigenvalue weighted by atomic mass is 19.4. The van der Waals surface area contributed by atoms with Gasteiger partial charge < -0.3 is 14.8 Å². The van der Waals surface area contributed by atoms with Crippen LogP contribution in [0, 0.1) is 0 Å². The number of carbonyl (C=O) groups excluding carboxylic acids is 1. The molecule has 1 aromatic heterocycles. The third-order valence-corrected chi connectivity index (χ3v) is 3.31. The van der Waals surface area contributed by atoms with E-state index in [2.05, 4.69) is 15.0 Å². The van der Waals surface area contributed by atoms with Crippen molar-refractivity contribution in [2.75, 3.05) is 13.7 Å². The van der Waals surface area contributed by atoms with Crippen molar-refractivity contribution in [3.05, 3.63) is 35.9 Å². The second-order valence-corrected chi connectivity index (χ2v) is 5.13. The van der Waals surface area contributed by atoms with Gasteiger partial charge in [-0.1, -0.05) is 18.2 Å². The van der Waals surface area contributed by atoms with Crippen LogP contribution in [0.5, 0.6) is 5.88 Å². The molecule has 1 atom stereocenters. The van der Waals surface area contributed by atoms with Crippen LogP contribution in [-0.2, 0) is 16.1 Å². The Morgan fingerprint density at radius 1 is 1.33 bits per heavy atom. The van der Waals surface area contributed by atoms with Crippen LogP contribution < -0.4 is 10.1 Å². The highest BCUT2D eigenvalue weighted by Crippen LogP contribution is 2.22. The number of carbonyl (C=O) groups is 1. The molecule has 0 aliphatic carbocycles. The Labute approximate surface area is 136 Å². The van der Waals surface area contributed by atoms with Gasteiger partial charge >= 0.3 is 6.18 Å². The van der Waals surface area contributed by atoms with E-state index in [-0.39, 0.29) is 6.54 Å². The van der Waals surface area contributed by atoms with Crippen molar-refractivity contribution in [3.8, 4) is 5.88 Å². The van der Waals surface area contributed by atoms with Gasteiger partial charge in [-0.05, 0) is 18.6 Å². The van der Waals surface area contributed by atoms with Crippen LogP contribution in [-0.4, -0.2) is 36.9 Å². The smallest absolute Gasteiger partial charge is 0.411 e. The lowest BCUT2D eigenvalue weighted by molar-refractivity contribution is -0.185. The van der Waals surface area contributed by atoms with Gasteiger partial charge in [0.15, 0.2) is 0 Å². The summed E-state index contributed by atoms with van der Waals surface area (Å²) in [5.74, 6) is -0.238. The molecule has 0 bridgehead atoms. The number of amides is 1.